The van der Waals surface area contributed by atoms with Crippen LogP contribution in [0.5, 0.6) is 5.75 Å². The van der Waals surface area contributed by atoms with Gasteiger partial charge in [-0.1, -0.05) is 6.07 Å². The van der Waals surface area contributed by atoms with Crippen LogP contribution in [0.2, 0.25) is 0 Å². The summed E-state index contributed by atoms with van der Waals surface area (Å²) in [4.78, 5) is 3.68. The third kappa shape index (κ3) is 2.09. The second kappa shape index (κ2) is 4.21. The highest BCUT2D eigenvalue weighted by molar-refractivity contribution is 5.81. The van der Waals surface area contributed by atoms with Crippen molar-refractivity contribution in [3.63, 3.8) is 0 Å². The second-order valence-electron chi connectivity index (χ2n) is 3.64. The molecule has 0 atom stereocenters. The van der Waals surface area contributed by atoms with E-state index in [0.29, 0.717) is 0 Å². The molecule has 0 radical (unpaired) electrons. The highest BCUT2D eigenvalue weighted by Gasteiger charge is 2.35. The number of aromatic hydroxyl groups is 1. The molecule has 6 heteroatoms. The van der Waals surface area contributed by atoms with Gasteiger partial charge in [0.05, 0.1) is 16.8 Å². The minimum absolute atomic E-state index is 0.0409. The van der Waals surface area contributed by atoms with Gasteiger partial charge in [0, 0.05) is 11.9 Å². The molecule has 3 nitrogen and oxygen atoms in total. The summed E-state index contributed by atoms with van der Waals surface area (Å²) in [5.74, 6) is -0.334. The maximum Gasteiger partial charge on any atom is 0.418 e. The standard InChI is InChI=1S/C12H9F3N2O/c13-12(14,15)7-3-2-6-17-11(7)10-8(16)4-1-5-9(10)18/h1-6,18H,16H2. The zero-order valence-corrected chi connectivity index (χ0v) is 9.07. The number of pyridine rings is 1. The van der Waals surface area contributed by atoms with Gasteiger partial charge < -0.3 is 10.8 Å². The number of nitrogen functional groups attached to an aromatic ring is 1. The summed E-state index contributed by atoms with van der Waals surface area (Å²) >= 11 is 0. The smallest absolute Gasteiger partial charge is 0.418 e. The Morgan fingerprint density at radius 1 is 1.11 bits per heavy atom. The monoisotopic (exact) mass is 254 g/mol. The molecular weight excluding hydrogens is 245 g/mol. The molecule has 0 fully saturated rings. The molecule has 94 valence electrons. The maximum absolute atomic E-state index is 12.8. The van der Waals surface area contributed by atoms with Crippen LogP contribution >= 0.6 is 0 Å². The quantitative estimate of drug-likeness (QED) is 0.769. The number of nitrogens with two attached hydrogens (primary N) is 1. The number of aromatic nitrogens is 1. The van der Waals surface area contributed by atoms with E-state index in [-0.39, 0.29) is 22.7 Å². The molecule has 0 amide bonds. The van der Waals surface area contributed by atoms with E-state index in [1.165, 1.54) is 30.5 Å². The van der Waals surface area contributed by atoms with Gasteiger partial charge >= 0.3 is 6.18 Å². The summed E-state index contributed by atoms with van der Waals surface area (Å²) in [5, 5.41) is 9.65. The van der Waals surface area contributed by atoms with Gasteiger partial charge in [-0.3, -0.25) is 4.98 Å². The number of phenols is 1. The van der Waals surface area contributed by atoms with Crippen molar-refractivity contribution >= 4 is 5.69 Å². The van der Waals surface area contributed by atoms with Crippen LogP contribution in [0, 0.1) is 0 Å². The van der Waals surface area contributed by atoms with Crippen LogP contribution in [0.1, 0.15) is 5.56 Å². The molecule has 0 bridgehead atoms. The molecule has 1 heterocycles. The normalized spacial score (nSPS) is 11.5. The lowest BCUT2D eigenvalue weighted by Crippen LogP contribution is -2.09. The summed E-state index contributed by atoms with van der Waals surface area (Å²) in [6.45, 7) is 0. The topological polar surface area (TPSA) is 59.1 Å². The van der Waals surface area contributed by atoms with Crippen molar-refractivity contribution in [2.45, 2.75) is 6.18 Å². The van der Waals surface area contributed by atoms with Crippen molar-refractivity contribution < 1.29 is 18.3 Å². The van der Waals surface area contributed by atoms with Gasteiger partial charge in [0.15, 0.2) is 0 Å². The van der Waals surface area contributed by atoms with Gasteiger partial charge in [-0.25, -0.2) is 0 Å². The second-order valence-corrected chi connectivity index (χ2v) is 3.64. The van der Waals surface area contributed by atoms with Crippen molar-refractivity contribution in [2.24, 2.45) is 0 Å². The van der Waals surface area contributed by atoms with Crippen LogP contribution < -0.4 is 5.73 Å². The number of nitrogens with zero attached hydrogens (tertiary/aromatic N) is 1. The molecule has 1 aromatic carbocycles. The van der Waals surface area contributed by atoms with E-state index >= 15 is 0 Å². The number of hydrogen-bond donors (Lipinski definition) is 2. The number of hydrogen-bond acceptors (Lipinski definition) is 3. The van der Waals surface area contributed by atoms with Gasteiger partial charge in [0.25, 0.3) is 0 Å². The Morgan fingerprint density at radius 2 is 1.83 bits per heavy atom. The van der Waals surface area contributed by atoms with Crippen molar-refractivity contribution in [3.05, 3.63) is 42.1 Å². The highest BCUT2D eigenvalue weighted by atomic mass is 19.4. The summed E-state index contributed by atoms with van der Waals surface area (Å²) in [6, 6.07) is 6.20. The average molecular weight is 254 g/mol. The van der Waals surface area contributed by atoms with Crippen molar-refractivity contribution in [3.8, 4) is 17.0 Å². The molecule has 2 aromatic rings. The predicted molar refractivity (Wildman–Crippen MR) is 60.8 cm³/mol. The number of alkyl halides is 3. The SMILES string of the molecule is Nc1cccc(O)c1-c1ncccc1C(F)(F)F. The third-order valence-corrected chi connectivity index (χ3v) is 2.42. The molecule has 3 N–H and O–H groups in total. The Labute approximate surface area is 101 Å². The first kappa shape index (κ1) is 12.2. The number of phenolic OH excluding ortho intramolecular Hbond substituents is 1. The van der Waals surface area contributed by atoms with Gasteiger partial charge in [-0.05, 0) is 24.3 Å². The summed E-state index contributed by atoms with van der Waals surface area (Å²) in [7, 11) is 0. The minimum atomic E-state index is -4.56. The lowest BCUT2D eigenvalue weighted by molar-refractivity contribution is -0.137. The Kier molecular flexibility index (Phi) is 2.86. The molecule has 1 aromatic heterocycles. The molecule has 0 aliphatic carbocycles. The number of rotatable bonds is 1. The van der Waals surface area contributed by atoms with Crippen molar-refractivity contribution in [2.75, 3.05) is 5.73 Å². The molecule has 2 rings (SSSR count). The van der Waals surface area contributed by atoms with Crippen LogP contribution in [-0.2, 0) is 6.18 Å². The third-order valence-electron chi connectivity index (χ3n) is 2.42. The van der Waals surface area contributed by atoms with Crippen molar-refractivity contribution in [1.82, 2.24) is 4.98 Å². The van der Waals surface area contributed by atoms with E-state index in [0.717, 1.165) is 6.07 Å². The van der Waals surface area contributed by atoms with Gasteiger partial charge in [0.2, 0.25) is 0 Å². The maximum atomic E-state index is 12.8. The van der Waals surface area contributed by atoms with Crippen LogP contribution in [0.25, 0.3) is 11.3 Å². The van der Waals surface area contributed by atoms with E-state index in [1.54, 1.807) is 0 Å². The fourth-order valence-corrected chi connectivity index (χ4v) is 1.65. The molecule has 18 heavy (non-hydrogen) atoms. The number of halogens is 3. The van der Waals surface area contributed by atoms with Crippen LogP contribution in [0.3, 0.4) is 0 Å². The molecule has 0 saturated heterocycles. The molecular formula is C12H9F3N2O. The van der Waals surface area contributed by atoms with Crippen LogP contribution in [-0.4, -0.2) is 10.1 Å². The molecule has 0 aliphatic heterocycles. The van der Waals surface area contributed by atoms with Crippen LogP contribution in [0.4, 0.5) is 18.9 Å². The zero-order chi connectivity index (χ0) is 13.3. The van der Waals surface area contributed by atoms with Gasteiger partial charge in [-0.2, -0.15) is 13.2 Å². The van der Waals surface area contributed by atoms with E-state index in [1.807, 2.05) is 0 Å². The Bertz CT molecular complexity index is 562. The summed E-state index contributed by atoms with van der Waals surface area (Å²) < 4.78 is 38.5. The minimum Gasteiger partial charge on any atom is -0.507 e. The van der Waals surface area contributed by atoms with Crippen molar-refractivity contribution in [1.29, 1.82) is 0 Å². The molecule has 0 aliphatic rings. The first-order valence-electron chi connectivity index (χ1n) is 5.01. The average Bonchev–Trinajstić information content (AvgIpc) is 2.28. The lowest BCUT2D eigenvalue weighted by atomic mass is 10.0. The fourth-order valence-electron chi connectivity index (χ4n) is 1.65. The summed E-state index contributed by atoms with van der Waals surface area (Å²) in [6.07, 6.45) is -3.34. The van der Waals surface area contributed by atoms with E-state index in [4.69, 9.17) is 5.73 Å². The zero-order valence-electron chi connectivity index (χ0n) is 9.07. The first-order chi connectivity index (χ1) is 8.41. The molecule has 0 unspecified atom stereocenters. The highest BCUT2D eigenvalue weighted by Crippen LogP contribution is 2.40. The number of benzene rings is 1. The van der Waals surface area contributed by atoms with E-state index in [2.05, 4.69) is 4.98 Å². The Morgan fingerprint density at radius 3 is 2.44 bits per heavy atom. The molecule has 0 spiro atoms. The fraction of sp³-hybridized carbons (Fsp3) is 0.0833. The molecule has 0 saturated carbocycles. The number of anilines is 1. The Hall–Kier alpha value is -2.24. The van der Waals surface area contributed by atoms with Gasteiger partial charge in [0.1, 0.15) is 5.75 Å². The van der Waals surface area contributed by atoms with E-state index < -0.39 is 11.7 Å². The van der Waals surface area contributed by atoms with E-state index in [9.17, 15) is 18.3 Å². The lowest BCUT2D eigenvalue weighted by Gasteiger charge is -2.14. The Balaban J connectivity index is 2.73. The first-order valence-corrected chi connectivity index (χ1v) is 5.01. The largest absolute Gasteiger partial charge is 0.507 e. The van der Waals surface area contributed by atoms with Gasteiger partial charge in [-0.15, -0.1) is 0 Å². The van der Waals surface area contributed by atoms with Crippen LogP contribution in [0.15, 0.2) is 36.5 Å². The summed E-state index contributed by atoms with van der Waals surface area (Å²) in [5.41, 5.74) is 4.23. The predicted octanol–water partition coefficient (Wildman–Crippen LogP) is 3.06.